The predicted octanol–water partition coefficient (Wildman–Crippen LogP) is 2.47. The van der Waals surface area contributed by atoms with Gasteiger partial charge in [-0.15, -0.1) is 0 Å². The third kappa shape index (κ3) is 3.11. The minimum absolute atomic E-state index is 0.0443. The van der Waals surface area contributed by atoms with E-state index in [2.05, 4.69) is 28.8 Å². The van der Waals surface area contributed by atoms with E-state index in [9.17, 15) is 10.2 Å². The van der Waals surface area contributed by atoms with Gasteiger partial charge in [0.25, 0.3) is 0 Å². The number of fused-ring (bicyclic) bond motifs is 3. The third-order valence-corrected chi connectivity index (χ3v) is 4.59. The molecule has 4 nitrogen and oxygen atoms in total. The van der Waals surface area contributed by atoms with Crippen molar-refractivity contribution >= 4 is 21.8 Å². The Hall–Kier alpha value is -1.88. The van der Waals surface area contributed by atoms with E-state index >= 15 is 0 Å². The second-order valence-corrected chi connectivity index (χ2v) is 6.27. The molecule has 2 atom stereocenters. The van der Waals surface area contributed by atoms with Crippen molar-refractivity contribution in [2.75, 3.05) is 20.2 Å². The average molecular weight is 312 g/mol. The summed E-state index contributed by atoms with van der Waals surface area (Å²) in [7, 11) is 1.93. The molecule has 2 N–H and O–H groups in total. The molecule has 0 bridgehead atoms. The molecule has 3 rings (SSSR count). The number of nitrogens with zero attached hydrogens (tertiary/aromatic N) is 2. The van der Waals surface area contributed by atoms with Gasteiger partial charge in [0.05, 0.1) is 19.3 Å². The molecule has 2 aromatic carbocycles. The Morgan fingerprint density at radius 3 is 2.04 bits per heavy atom. The molecule has 4 heteroatoms. The van der Waals surface area contributed by atoms with Crippen LogP contribution in [0.4, 0.5) is 0 Å². The molecule has 0 radical (unpaired) electrons. The van der Waals surface area contributed by atoms with Gasteiger partial charge < -0.3 is 14.8 Å². The molecule has 0 spiro atoms. The van der Waals surface area contributed by atoms with Crippen LogP contribution >= 0.6 is 0 Å². The molecule has 122 valence electrons. The van der Waals surface area contributed by atoms with E-state index in [1.165, 1.54) is 10.8 Å². The Labute approximate surface area is 136 Å². The highest BCUT2D eigenvalue weighted by Gasteiger charge is 2.16. The summed E-state index contributed by atoms with van der Waals surface area (Å²) < 4.78 is 2.19. The predicted molar refractivity (Wildman–Crippen MR) is 94.6 cm³/mol. The number of aromatic nitrogens is 1. The molecule has 0 aliphatic heterocycles. The highest BCUT2D eigenvalue weighted by atomic mass is 16.3. The molecular weight excluding hydrogens is 288 g/mol. The first kappa shape index (κ1) is 16.0. The van der Waals surface area contributed by atoms with Crippen molar-refractivity contribution in [3.63, 3.8) is 0 Å². The van der Waals surface area contributed by atoms with Gasteiger partial charge >= 0.3 is 0 Å². The molecule has 1 heterocycles. The van der Waals surface area contributed by atoms with Gasteiger partial charge in [0, 0.05) is 34.4 Å². The minimum atomic E-state index is -0.492. The Morgan fingerprint density at radius 1 is 1.00 bits per heavy atom. The van der Waals surface area contributed by atoms with E-state index in [1.807, 2.05) is 43.1 Å². The molecule has 0 aliphatic rings. The quantitative estimate of drug-likeness (QED) is 0.735. The van der Waals surface area contributed by atoms with Crippen LogP contribution in [0.25, 0.3) is 21.8 Å². The number of hydrogen-bond donors (Lipinski definition) is 2. The molecule has 23 heavy (non-hydrogen) atoms. The van der Waals surface area contributed by atoms with E-state index in [-0.39, 0.29) is 12.6 Å². The third-order valence-electron chi connectivity index (χ3n) is 4.59. The zero-order chi connectivity index (χ0) is 16.4. The average Bonchev–Trinajstić information content (AvgIpc) is 2.88. The van der Waals surface area contributed by atoms with Crippen LogP contribution in [0.5, 0.6) is 0 Å². The van der Waals surface area contributed by atoms with Crippen LogP contribution in [0.1, 0.15) is 6.92 Å². The smallest absolute Gasteiger partial charge is 0.0845 e. The van der Waals surface area contributed by atoms with Crippen LogP contribution in [-0.4, -0.2) is 52.0 Å². The number of aliphatic hydroxyl groups is 2. The van der Waals surface area contributed by atoms with Gasteiger partial charge in [-0.2, -0.15) is 0 Å². The second kappa shape index (κ2) is 6.71. The zero-order valence-electron chi connectivity index (χ0n) is 13.7. The highest BCUT2D eigenvalue weighted by molar-refractivity contribution is 6.07. The van der Waals surface area contributed by atoms with Crippen molar-refractivity contribution in [3.05, 3.63) is 48.5 Å². The molecule has 0 saturated carbocycles. The van der Waals surface area contributed by atoms with Crippen LogP contribution in [0.2, 0.25) is 0 Å². The first-order valence-corrected chi connectivity index (χ1v) is 8.07. The Bertz CT molecular complexity index is 743. The summed E-state index contributed by atoms with van der Waals surface area (Å²) in [6.45, 7) is 3.12. The van der Waals surface area contributed by atoms with E-state index in [4.69, 9.17) is 0 Å². The van der Waals surface area contributed by atoms with Gasteiger partial charge in [0.15, 0.2) is 0 Å². The van der Waals surface area contributed by atoms with Crippen molar-refractivity contribution < 1.29 is 10.2 Å². The van der Waals surface area contributed by atoms with Crippen molar-refractivity contribution in [1.29, 1.82) is 0 Å². The first-order valence-electron chi connectivity index (χ1n) is 8.07. The van der Waals surface area contributed by atoms with Crippen LogP contribution in [0.3, 0.4) is 0 Å². The molecule has 0 amide bonds. The normalized spacial score (nSPS) is 14.7. The topological polar surface area (TPSA) is 48.6 Å². The van der Waals surface area contributed by atoms with Crippen molar-refractivity contribution in [2.24, 2.45) is 0 Å². The number of aliphatic hydroxyl groups excluding tert-OH is 2. The summed E-state index contributed by atoms with van der Waals surface area (Å²) in [4.78, 5) is 1.98. The summed E-state index contributed by atoms with van der Waals surface area (Å²) in [6, 6.07) is 16.7. The van der Waals surface area contributed by atoms with Gasteiger partial charge in [0.1, 0.15) is 0 Å². The molecule has 0 saturated heterocycles. The second-order valence-electron chi connectivity index (χ2n) is 6.27. The lowest BCUT2D eigenvalue weighted by Gasteiger charge is -2.26. The number of para-hydroxylation sites is 2. The van der Waals surface area contributed by atoms with Crippen LogP contribution < -0.4 is 0 Å². The Kier molecular flexibility index (Phi) is 4.66. The maximum absolute atomic E-state index is 10.5. The van der Waals surface area contributed by atoms with Crippen LogP contribution in [-0.2, 0) is 6.54 Å². The fourth-order valence-corrected chi connectivity index (χ4v) is 3.12. The van der Waals surface area contributed by atoms with Crippen LogP contribution in [0.15, 0.2) is 48.5 Å². The zero-order valence-corrected chi connectivity index (χ0v) is 13.7. The number of hydrogen-bond acceptors (Lipinski definition) is 3. The lowest BCUT2D eigenvalue weighted by Crippen LogP contribution is -2.39. The van der Waals surface area contributed by atoms with Gasteiger partial charge in [-0.25, -0.2) is 0 Å². The van der Waals surface area contributed by atoms with Gasteiger partial charge in [-0.1, -0.05) is 36.4 Å². The molecule has 0 aliphatic carbocycles. The summed E-state index contributed by atoms with van der Waals surface area (Å²) in [5.74, 6) is 0. The van der Waals surface area contributed by atoms with Gasteiger partial charge in [-0.05, 0) is 26.1 Å². The van der Waals surface area contributed by atoms with Crippen LogP contribution in [0, 0.1) is 0 Å². The van der Waals surface area contributed by atoms with Gasteiger partial charge in [0.2, 0.25) is 0 Å². The van der Waals surface area contributed by atoms with E-state index in [0.717, 1.165) is 11.0 Å². The highest BCUT2D eigenvalue weighted by Crippen LogP contribution is 2.28. The Morgan fingerprint density at radius 2 is 1.52 bits per heavy atom. The van der Waals surface area contributed by atoms with E-state index in [1.54, 1.807) is 0 Å². The van der Waals surface area contributed by atoms with E-state index in [0.29, 0.717) is 13.1 Å². The number of rotatable bonds is 6. The summed E-state index contributed by atoms with van der Waals surface area (Å²) in [5.41, 5.74) is 2.29. The summed E-state index contributed by atoms with van der Waals surface area (Å²) in [5, 5.41) is 22.2. The summed E-state index contributed by atoms with van der Waals surface area (Å²) >= 11 is 0. The molecule has 0 fully saturated rings. The molecular formula is C19H24N2O2. The van der Waals surface area contributed by atoms with Crippen molar-refractivity contribution in [2.45, 2.75) is 25.6 Å². The largest absolute Gasteiger partial charge is 0.395 e. The fourth-order valence-electron chi connectivity index (χ4n) is 3.12. The Balaban J connectivity index is 1.92. The van der Waals surface area contributed by atoms with Gasteiger partial charge in [-0.3, -0.25) is 4.90 Å². The SMILES string of the molecule is CC(CO)N(C)CC(O)Cn1c2ccccc2c2ccccc21. The minimum Gasteiger partial charge on any atom is -0.395 e. The molecule has 3 aromatic rings. The molecule has 1 aromatic heterocycles. The van der Waals surface area contributed by atoms with Crippen molar-refractivity contribution in [3.8, 4) is 0 Å². The first-order chi connectivity index (χ1) is 11.1. The standard InChI is InChI=1S/C19H24N2O2/c1-14(13-22)20(2)11-15(23)12-21-18-9-5-3-7-16(18)17-8-4-6-10-19(17)21/h3-10,14-15,22-23H,11-13H2,1-2H3. The van der Waals surface area contributed by atoms with E-state index < -0.39 is 6.10 Å². The fraction of sp³-hybridized carbons (Fsp3) is 0.368. The maximum atomic E-state index is 10.5. The number of benzene rings is 2. The van der Waals surface area contributed by atoms with Crippen molar-refractivity contribution in [1.82, 2.24) is 9.47 Å². The molecule has 2 unspecified atom stereocenters. The summed E-state index contributed by atoms with van der Waals surface area (Å²) in [6.07, 6.45) is -0.492. The lowest BCUT2D eigenvalue weighted by molar-refractivity contribution is 0.0775. The monoisotopic (exact) mass is 312 g/mol. The lowest BCUT2D eigenvalue weighted by atomic mass is 10.2. The maximum Gasteiger partial charge on any atom is 0.0845 e. The number of likely N-dealkylation sites (N-methyl/N-ethyl adjacent to an activating group) is 1.